The monoisotopic (exact) mass is 326 g/mol. The molecule has 0 spiro atoms. The molecule has 2 aromatic rings. The van der Waals surface area contributed by atoms with E-state index in [0.29, 0.717) is 0 Å². The summed E-state index contributed by atoms with van der Waals surface area (Å²) in [4.78, 5) is 0. The molecule has 0 aliphatic heterocycles. The number of rotatable bonds is 7. The summed E-state index contributed by atoms with van der Waals surface area (Å²) < 4.78 is 5.82. The van der Waals surface area contributed by atoms with Crippen LogP contribution in [0.25, 0.3) is 6.08 Å². The SMILES string of the molecule is CCCCC(/C=C/c1ccc(Cl)cc1)=C\Oc1cccc(C)c1. The van der Waals surface area contributed by atoms with Crippen LogP contribution in [0.5, 0.6) is 5.75 Å². The Morgan fingerprint density at radius 3 is 2.61 bits per heavy atom. The van der Waals surface area contributed by atoms with Crippen LogP contribution >= 0.6 is 11.6 Å². The van der Waals surface area contributed by atoms with Crippen LogP contribution in [0.3, 0.4) is 0 Å². The van der Waals surface area contributed by atoms with Crippen molar-refractivity contribution < 1.29 is 4.74 Å². The van der Waals surface area contributed by atoms with Gasteiger partial charge in [-0.3, -0.25) is 0 Å². The van der Waals surface area contributed by atoms with E-state index in [1.54, 1.807) is 0 Å². The van der Waals surface area contributed by atoms with Gasteiger partial charge in [-0.25, -0.2) is 0 Å². The van der Waals surface area contributed by atoms with Gasteiger partial charge in [0.1, 0.15) is 5.75 Å². The Balaban J connectivity index is 2.09. The normalized spacial score (nSPS) is 11.9. The number of hydrogen-bond acceptors (Lipinski definition) is 1. The highest BCUT2D eigenvalue weighted by Crippen LogP contribution is 2.17. The zero-order valence-electron chi connectivity index (χ0n) is 13.8. The second-order valence-electron chi connectivity index (χ2n) is 5.62. The zero-order chi connectivity index (χ0) is 16.5. The summed E-state index contributed by atoms with van der Waals surface area (Å²) in [7, 11) is 0. The standard InChI is InChI=1S/C21H23ClO/c1-3-4-7-19(10-9-18-11-13-20(22)14-12-18)16-23-21-8-5-6-17(2)15-21/h5-6,8-16H,3-4,7H2,1-2H3/b10-9+,19-16+. The third-order valence-corrected chi connectivity index (χ3v) is 3.77. The Morgan fingerprint density at radius 1 is 1.13 bits per heavy atom. The van der Waals surface area contributed by atoms with E-state index in [1.807, 2.05) is 48.7 Å². The van der Waals surface area contributed by atoms with Gasteiger partial charge >= 0.3 is 0 Å². The smallest absolute Gasteiger partial charge is 0.126 e. The first kappa shape index (κ1) is 17.4. The van der Waals surface area contributed by atoms with Crippen LogP contribution in [0.2, 0.25) is 5.02 Å². The Hall–Kier alpha value is -1.99. The molecule has 0 fully saturated rings. The molecule has 0 saturated heterocycles. The summed E-state index contributed by atoms with van der Waals surface area (Å²) in [5.41, 5.74) is 3.51. The molecule has 0 radical (unpaired) electrons. The van der Waals surface area contributed by atoms with Crippen molar-refractivity contribution in [1.82, 2.24) is 0 Å². The predicted molar refractivity (Wildman–Crippen MR) is 99.9 cm³/mol. The van der Waals surface area contributed by atoms with E-state index >= 15 is 0 Å². The molecule has 2 aromatic carbocycles. The van der Waals surface area contributed by atoms with Crippen molar-refractivity contribution in [2.45, 2.75) is 33.1 Å². The van der Waals surface area contributed by atoms with Crippen LogP contribution in [0.15, 0.2) is 66.4 Å². The number of aryl methyl sites for hydroxylation is 1. The minimum Gasteiger partial charge on any atom is -0.465 e. The summed E-state index contributed by atoms with van der Waals surface area (Å²) in [5.74, 6) is 0.874. The van der Waals surface area contributed by atoms with Crippen LogP contribution in [-0.2, 0) is 0 Å². The number of ether oxygens (including phenoxy) is 1. The van der Waals surface area contributed by atoms with E-state index in [9.17, 15) is 0 Å². The molecular weight excluding hydrogens is 304 g/mol. The highest BCUT2D eigenvalue weighted by molar-refractivity contribution is 6.30. The molecule has 23 heavy (non-hydrogen) atoms. The Bertz CT molecular complexity index is 668. The average Bonchev–Trinajstić information content (AvgIpc) is 2.56. The molecule has 0 heterocycles. The van der Waals surface area contributed by atoms with Gasteiger partial charge in [0.15, 0.2) is 0 Å². The molecule has 0 amide bonds. The number of halogens is 1. The van der Waals surface area contributed by atoms with Crippen LogP contribution in [0.4, 0.5) is 0 Å². The number of benzene rings is 2. The second-order valence-corrected chi connectivity index (χ2v) is 6.05. The lowest BCUT2D eigenvalue weighted by Gasteiger charge is -2.05. The van der Waals surface area contributed by atoms with Gasteiger partial charge in [0, 0.05) is 5.02 Å². The summed E-state index contributed by atoms with van der Waals surface area (Å²) in [5, 5.41) is 0.756. The minimum atomic E-state index is 0.756. The number of hydrogen-bond donors (Lipinski definition) is 0. The first-order valence-corrected chi connectivity index (χ1v) is 8.41. The van der Waals surface area contributed by atoms with E-state index in [0.717, 1.165) is 35.6 Å². The largest absolute Gasteiger partial charge is 0.465 e. The quantitative estimate of drug-likeness (QED) is 0.401. The lowest BCUT2D eigenvalue weighted by Crippen LogP contribution is -1.88. The molecular formula is C21H23ClO. The maximum absolute atomic E-state index is 5.92. The molecule has 120 valence electrons. The first-order valence-electron chi connectivity index (χ1n) is 8.03. The van der Waals surface area contributed by atoms with Crippen molar-refractivity contribution >= 4 is 17.7 Å². The molecule has 0 aliphatic carbocycles. The van der Waals surface area contributed by atoms with Gasteiger partial charge in [-0.1, -0.05) is 61.4 Å². The molecule has 0 aliphatic rings. The topological polar surface area (TPSA) is 9.23 Å². The van der Waals surface area contributed by atoms with E-state index < -0.39 is 0 Å². The summed E-state index contributed by atoms with van der Waals surface area (Å²) in [6, 6.07) is 15.9. The van der Waals surface area contributed by atoms with Crippen molar-refractivity contribution in [3.63, 3.8) is 0 Å². The van der Waals surface area contributed by atoms with Gasteiger partial charge < -0.3 is 4.74 Å². The maximum atomic E-state index is 5.92. The van der Waals surface area contributed by atoms with E-state index in [2.05, 4.69) is 32.1 Å². The number of allylic oxidation sites excluding steroid dienone is 2. The van der Waals surface area contributed by atoms with E-state index in [-0.39, 0.29) is 0 Å². The van der Waals surface area contributed by atoms with Crippen molar-refractivity contribution in [2.75, 3.05) is 0 Å². The second kappa shape index (κ2) is 9.22. The van der Waals surface area contributed by atoms with Gasteiger partial charge in [-0.15, -0.1) is 0 Å². The van der Waals surface area contributed by atoms with Crippen molar-refractivity contribution in [3.8, 4) is 5.75 Å². The van der Waals surface area contributed by atoms with Crippen LogP contribution in [-0.4, -0.2) is 0 Å². The molecule has 0 saturated carbocycles. The van der Waals surface area contributed by atoms with Gasteiger partial charge in [0.2, 0.25) is 0 Å². The van der Waals surface area contributed by atoms with Gasteiger partial charge in [-0.2, -0.15) is 0 Å². The van der Waals surface area contributed by atoms with E-state index in [1.165, 1.54) is 11.1 Å². The summed E-state index contributed by atoms with van der Waals surface area (Å²) in [6.07, 6.45) is 9.39. The molecule has 0 aromatic heterocycles. The van der Waals surface area contributed by atoms with Gasteiger partial charge in [-0.05, 0) is 60.7 Å². The maximum Gasteiger partial charge on any atom is 0.126 e. The fourth-order valence-electron chi connectivity index (χ4n) is 2.17. The highest BCUT2D eigenvalue weighted by Gasteiger charge is 1.97. The fraction of sp³-hybridized carbons (Fsp3) is 0.238. The fourth-order valence-corrected chi connectivity index (χ4v) is 2.30. The molecule has 0 atom stereocenters. The van der Waals surface area contributed by atoms with Crippen molar-refractivity contribution in [2.24, 2.45) is 0 Å². The van der Waals surface area contributed by atoms with Crippen LogP contribution in [0.1, 0.15) is 37.3 Å². The molecule has 1 nitrogen and oxygen atoms in total. The van der Waals surface area contributed by atoms with Crippen molar-refractivity contribution in [1.29, 1.82) is 0 Å². The average molecular weight is 327 g/mol. The Morgan fingerprint density at radius 2 is 1.91 bits per heavy atom. The Kier molecular flexibility index (Phi) is 6.96. The summed E-state index contributed by atoms with van der Waals surface area (Å²) in [6.45, 7) is 4.26. The summed E-state index contributed by atoms with van der Waals surface area (Å²) >= 11 is 5.92. The van der Waals surface area contributed by atoms with Gasteiger partial charge in [0.05, 0.1) is 6.26 Å². The highest BCUT2D eigenvalue weighted by atomic mass is 35.5. The Labute approximate surface area is 144 Å². The minimum absolute atomic E-state index is 0.756. The molecule has 0 bridgehead atoms. The van der Waals surface area contributed by atoms with Gasteiger partial charge in [0.25, 0.3) is 0 Å². The molecule has 0 unspecified atom stereocenters. The molecule has 2 rings (SSSR count). The molecule has 2 heteroatoms. The lowest BCUT2D eigenvalue weighted by molar-refractivity contribution is 0.474. The van der Waals surface area contributed by atoms with Crippen LogP contribution < -0.4 is 4.74 Å². The third-order valence-electron chi connectivity index (χ3n) is 3.51. The van der Waals surface area contributed by atoms with Crippen molar-refractivity contribution in [3.05, 3.63) is 82.6 Å². The van der Waals surface area contributed by atoms with Crippen LogP contribution in [0, 0.1) is 6.92 Å². The first-order chi connectivity index (χ1) is 11.2. The third kappa shape index (κ3) is 6.33. The number of unbranched alkanes of at least 4 members (excludes halogenated alkanes) is 1. The predicted octanol–water partition coefficient (Wildman–Crippen LogP) is 6.81. The zero-order valence-corrected chi connectivity index (χ0v) is 14.5. The van der Waals surface area contributed by atoms with E-state index in [4.69, 9.17) is 16.3 Å². The lowest BCUT2D eigenvalue weighted by atomic mass is 10.1. The molecule has 0 N–H and O–H groups in total.